The van der Waals surface area contributed by atoms with Crippen LogP contribution >= 0.6 is 11.6 Å². The first-order valence-electron chi connectivity index (χ1n) is 8.75. The Morgan fingerprint density at radius 3 is 2.36 bits per heavy atom. The number of carbonyl (C=O) groups is 1. The highest BCUT2D eigenvalue weighted by atomic mass is 35.5. The third kappa shape index (κ3) is 7.23. The Bertz CT molecular complexity index is 769. The van der Waals surface area contributed by atoms with E-state index in [0.29, 0.717) is 6.42 Å². The summed E-state index contributed by atoms with van der Waals surface area (Å²) in [7, 11) is -2.49. The van der Waals surface area contributed by atoms with E-state index >= 15 is 0 Å². The number of nitrogens with zero attached hydrogens (tertiary/aromatic N) is 2. The third-order valence-corrected chi connectivity index (χ3v) is 6.50. The maximum absolute atomic E-state index is 12.7. The van der Waals surface area contributed by atoms with E-state index in [0.717, 1.165) is 4.90 Å². The SMILES string of the molecule is CCN(CC)S(=O)(=O)c1cc(C(=O)NCCCN(C)CC(F)(F)F)ccc1Cl. The Labute approximate surface area is 168 Å². The summed E-state index contributed by atoms with van der Waals surface area (Å²) in [6, 6.07) is 3.94. The lowest BCUT2D eigenvalue weighted by atomic mass is 10.2. The summed E-state index contributed by atoms with van der Waals surface area (Å²) in [6.07, 6.45) is -3.95. The van der Waals surface area contributed by atoms with Crippen LogP contribution in [-0.2, 0) is 10.0 Å². The molecule has 0 heterocycles. The van der Waals surface area contributed by atoms with E-state index in [1.807, 2.05) is 0 Å². The van der Waals surface area contributed by atoms with Crippen LogP contribution in [-0.4, -0.2) is 69.5 Å². The molecule has 0 fully saturated rings. The first-order valence-corrected chi connectivity index (χ1v) is 10.6. The largest absolute Gasteiger partial charge is 0.401 e. The molecule has 1 aromatic carbocycles. The number of hydrogen-bond donors (Lipinski definition) is 1. The molecule has 0 aliphatic heterocycles. The van der Waals surface area contributed by atoms with Crippen LogP contribution in [0.2, 0.25) is 5.02 Å². The maximum Gasteiger partial charge on any atom is 0.401 e. The van der Waals surface area contributed by atoms with Gasteiger partial charge in [0.15, 0.2) is 0 Å². The van der Waals surface area contributed by atoms with Crippen molar-refractivity contribution < 1.29 is 26.4 Å². The summed E-state index contributed by atoms with van der Waals surface area (Å²) in [5.41, 5.74) is 0.110. The van der Waals surface area contributed by atoms with Gasteiger partial charge < -0.3 is 5.32 Å². The third-order valence-electron chi connectivity index (χ3n) is 3.97. The van der Waals surface area contributed by atoms with Gasteiger partial charge in [0.1, 0.15) is 4.90 Å². The lowest BCUT2D eigenvalue weighted by Gasteiger charge is -2.20. The Kier molecular flexibility index (Phi) is 9.19. The molecule has 0 bridgehead atoms. The summed E-state index contributed by atoms with van der Waals surface area (Å²) in [6.45, 7) is 3.20. The Morgan fingerprint density at radius 2 is 1.82 bits per heavy atom. The highest BCUT2D eigenvalue weighted by Crippen LogP contribution is 2.26. The molecule has 0 unspecified atom stereocenters. The number of hydrogen-bond acceptors (Lipinski definition) is 4. The monoisotopic (exact) mass is 443 g/mol. The molecule has 11 heteroatoms. The number of benzene rings is 1. The number of nitrogens with one attached hydrogen (secondary N) is 1. The van der Waals surface area contributed by atoms with Crippen LogP contribution < -0.4 is 5.32 Å². The van der Waals surface area contributed by atoms with Gasteiger partial charge in [0, 0.05) is 25.2 Å². The van der Waals surface area contributed by atoms with Gasteiger partial charge >= 0.3 is 6.18 Å². The molecule has 160 valence electrons. The number of halogens is 4. The van der Waals surface area contributed by atoms with Gasteiger partial charge in [-0.1, -0.05) is 25.4 Å². The van der Waals surface area contributed by atoms with Gasteiger partial charge in [0.05, 0.1) is 11.6 Å². The summed E-state index contributed by atoms with van der Waals surface area (Å²) in [4.78, 5) is 13.2. The molecule has 1 amide bonds. The van der Waals surface area contributed by atoms with Crippen molar-refractivity contribution >= 4 is 27.5 Å². The molecule has 0 radical (unpaired) electrons. The van der Waals surface area contributed by atoms with Crippen molar-refractivity contribution in [1.29, 1.82) is 0 Å². The predicted molar refractivity (Wildman–Crippen MR) is 102 cm³/mol. The zero-order valence-electron chi connectivity index (χ0n) is 16.0. The molecule has 0 aliphatic carbocycles. The second-order valence-corrected chi connectivity index (χ2v) is 8.51. The van der Waals surface area contributed by atoms with Gasteiger partial charge in [-0.2, -0.15) is 17.5 Å². The topological polar surface area (TPSA) is 69.7 Å². The van der Waals surface area contributed by atoms with Crippen LogP contribution in [0.25, 0.3) is 0 Å². The van der Waals surface area contributed by atoms with E-state index < -0.39 is 28.7 Å². The van der Waals surface area contributed by atoms with Crippen molar-refractivity contribution in [2.45, 2.75) is 31.3 Å². The maximum atomic E-state index is 12.7. The highest BCUT2D eigenvalue weighted by molar-refractivity contribution is 7.89. The van der Waals surface area contributed by atoms with Crippen molar-refractivity contribution in [3.8, 4) is 0 Å². The molecule has 0 saturated carbocycles. The molecule has 1 N–H and O–H groups in total. The smallest absolute Gasteiger partial charge is 0.352 e. The molecule has 6 nitrogen and oxygen atoms in total. The van der Waals surface area contributed by atoms with Gasteiger partial charge in [-0.3, -0.25) is 9.69 Å². The lowest BCUT2D eigenvalue weighted by Crippen LogP contribution is -2.34. The first kappa shape index (κ1) is 24.7. The van der Waals surface area contributed by atoms with E-state index in [2.05, 4.69) is 5.32 Å². The van der Waals surface area contributed by atoms with Crippen LogP contribution in [0.4, 0.5) is 13.2 Å². The lowest BCUT2D eigenvalue weighted by molar-refractivity contribution is -0.143. The van der Waals surface area contributed by atoms with Crippen molar-refractivity contribution in [1.82, 2.24) is 14.5 Å². The number of carbonyl (C=O) groups excluding carboxylic acids is 1. The fourth-order valence-corrected chi connectivity index (χ4v) is 4.54. The van der Waals surface area contributed by atoms with Crippen molar-refractivity contribution in [3.05, 3.63) is 28.8 Å². The van der Waals surface area contributed by atoms with Gasteiger partial charge in [-0.05, 0) is 38.2 Å². The van der Waals surface area contributed by atoms with Crippen molar-refractivity contribution in [3.63, 3.8) is 0 Å². The molecule has 0 saturated heterocycles. The minimum Gasteiger partial charge on any atom is -0.352 e. The summed E-state index contributed by atoms with van der Waals surface area (Å²) in [5, 5.41) is 2.59. The second kappa shape index (κ2) is 10.4. The minimum absolute atomic E-state index is 0.0113. The number of sulfonamides is 1. The minimum atomic E-state index is -4.27. The van der Waals surface area contributed by atoms with Crippen LogP contribution in [0.15, 0.2) is 23.1 Å². The highest BCUT2D eigenvalue weighted by Gasteiger charge is 2.29. The summed E-state index contributed by atoms with van der Waals surface area (Å²) >= 11 is 6.02. The van der Waals surface area contributed by atoms with Gasteiger partial charge in [-0.15, -0.1) is 0 Å². The van der Waals surface area contributed by atoms with Crippen molar-refractivity contribution in [2.24, 2.45) is 0 Å². The van der Waals surface area contributed by atoms with Crippen LogP contribution in [0.5, 0.6) is 0 Å². The second-order valence-electron chi connectivity index (χ2n) is 6.20. The molecule has 28 heavy (non-hydrogen) atoms. The van der Waals surface area contributed by atoms with E-state index in [9.17, 15) is 26.4 Å². The first-order chi connectivity index (χ1) is 12.9. The molecular weight excluding hydrogens is 419 g/mol. The zero-order chi connectivity index (χ0) is 21.5. The quantitative estimate of drug-likeness (QED) is 0.564. The Hall–Kier alpha value is -1.36. The molecule has 0 aliphatic rings. The van der Waals surface area contributed by atoms with E-state index in [1.165, 1.54) is 29.6 Å². The van der Waals surface area contributed by atoms with Crippen LogP contribution in [0.3, 0.4) is 0 Å². The Morgan fingerprint density at radius 1 is 1.21 bits per heavy atom. The van der Waals surface area contributed by atoms with Gasteiger partial charge in [-0.25, -0.2) is 8.42 Å². The number of amides is 1. The van der Waals surface area contributed by atoms with Crippen LogP contribution in [0, 0.1) is 0 Å². The van der Waals surface area contributed by atoms with Gasteiger partial charge in [0.25, 0.3) is 5.91 Å². The number of alkyl halides is 3. The summed E-state index contributed by atoms with van der Waals surface area (Å²) < 4.78 is 63.3. The molecule has 1 aromatic rings. The molecule has 0 spiro atoms. The van der Waals surface area contributed by atoms with E-state index in [4.69, 9.17) is 11.6 Å². The predicted octanol–water partition coefficient (Wildman–Crippen LogP) is 2.98. The fourth-order valence-electron chi connectivity index (χ4n) is 2.58. The number of rotatable bonds is 10. The van der Waals surface area contributed by atoms with Crippen LogP contribution in [0.1, 0.15) is 30.6 Å². The zero-order valence-corrected chi connectivity index (χ0v) is 17.6. The van der Waals surface area contributed by atoms with Gasteiger partial charge in [0.2, 0.25) is 10.0 Å². The van der Waals surface area contributed by atoms with E-state index in [-0.39, 0.29) is 41.7 Å². The van der Waals surface area contributed by atoms with Crippen molar-refractivity contribution in [2.75, 3.05) is 39.8 Å². The standard InChI is InChI=1S/C17H25ClF3N3O3S/c1-4-24(5-2)28(26,27)15-11-13(7-8-14(15)18)16(25)22-9-6-10-23(3)12-17(19,20)21/h7-8,11H,4-6,9-10,12H2,1-3H3,(H,22,25). The molecular formula is C17H25ClF3N3O3S. The Balaban J connectivity index is 2.75. The average Bonchev–Trinajstić information content (AvgIpc) is 2.58. The molecule has 0 aromatic heterocycles. The van der Waals surface area contributed by atoms with E-state index in [1.54, 1.807) is 13.8 Å². The molecule has 0 atom stereocenters. The molecule has 1 rings (SSSR count). The fraction of sp³-hybridized carbons (Fsp3) is 0.588. The normalized spacial score (nSPS) is 12.6. The average molecular weight is 444 g/mol. The summed E-state index contributed by atoms with van der Waals surface area (Å²) in [5.74, 6) is -0.522.